The van der Waals surface area contributed by atoms with E-state index in [4.69, 9.17) is 0 Å². The number of hydrogen-bond donors (Lipinski definition) is 2. The van der Waals surface area contributed by atoms with E-state index in [9.17, 15) is 14.0 Å². The van der Waals surface area contributed by atoms with E-state index in [1.54, 1.807) is 0 Å². The zero-order chi connectivity index (χ0) is 17.3. The minimum absolute atomic E-state index is 0.138. The summed E-state index contributed by atoms with van der Waals surface area (Å²) >= 11 is 0. The van der Waals surface area contributed by atoms with Gasteiger partial charge >= 0.3 is 0 Å². The summed E-state index contributed by atoms with van der Waals surface area (Å²) in [6.07, 6.45) is 0.532. The number of hydrogen-bond acceptors (Lipinski definition) is 2. The van der Waals surface area contributed by atoms with E-state index in [1.807, 2.05) is 32.0 Å². The van der Waals surface area contributed by atoms with Crippen LogP contribution in [0.15, 0.2) is 42.5 Å². The number of carbonyl (C=O) groups excluding carboxylic acids is 2. The van der Waals surface area contributed by atoms with Crippen LogP contribution in [0.4, 0.5) is 15.8 Å². The summed E-state index contributed by atoms with van der Waals surface area (Å²) in [7, 11) is 0. The molecule has 2 amide bonds. The third-order valence-corrected chi connectivity index (χ3v) is 4.22. The van der Waals surface area contributed by atoms with Crippen LogP contribution in [0, 0.1) is 31.5 Å². The van der Waals surface area contributed by atoms with Crippen molar-refractivity contribution in [3.05, 3.63) is 59.4 Å². The van der Waals surface area contributed by atoms with Crippen molar-refractivity contribution in [2.75, 3.05) is 10.6 Å². The van der Waals surface area contributed by atoms with E-state index in [0.717, 1.165) is 16.8 Å². The molecule has 0 saturated heterocycles. The Kier molecular flexibility index (Phi) is 4.34. The van der Waals surface area contributed by atoms with Gasteiger partial charge in [0.1, 0.15) is 5.82 Å². The van der Waals surface area contributed by atoms with E-state index >= 15 is 0 Å². The summed E-state index contributed by atoms with van der Waals surface area (Å²) in [6.45, 7) is 3.93. The summed E-state index contributed by atoms with van der Waals surface area (Å²) < 4.78 is 12.9. The molecule has 1 fully saturated rings. The van der Waals surface area contributed by atoms with Crippen molar-refractivity contribution in [1.82, 2.24) is 0 Å². The Hall–Kier alpha value is -2.69. The molecule has 4 nitrogen and oxygen atoms in total. The third kappa shape index (κ3) is 3.62. The molecule has 1 aliphatic rings. The van der Waals surface area contributed by atoms with Gasteiger partial charge in [0.05, 0.1) is 11.8 Å². The average molecular weight is 326 g/mol. The van der Waals surface area contributed by atoms with Gasteiger partial charge in [-0.15, -0.1) is 0 Å². The number of aryl methyl sites for hydroxylation is 2. The molecule has 1 saturated carbocycles. The topological polar surface area (TPSA) is 58.2 Å². The minimum Gasteiger partial charge on any atom is -0.326 e. The zero-order valence-electron chi connectivity index (χ0n) is 13.6. The maximum Gasteiger partial charge on any atom is 0.228 e. The molecule has 5 heteroatoms. The molecular formula is C19H19FN2O2. The summed E-state index contributed by atoms with van der Waals surface area (Å²) in [5, 5.41) is 5.60. The summed E-state index contributed by atoms with van der Waals surface area (Å²) in [4.78, 5) is 24.4. The molecule has 2 atom stereocenters. The largest absolute Gasteiger partial charge is 0.326 e. The van der Waals surface area contributed by atoms with Crippen molar-refractivity contribution in [3.63, 3.8) is 0 Å². The number of nitrogens with one attached hydrogen (secondary N) is 2. The highest BCUT2D eigenvalue weighted by molar-refractivity contribution is 6.03. The second-order valence-corrected chi connectivity index (χ2v) is 6.25. The lowest BCUT2D eigenvalue weighted by Gasteiger charge is -2.09. The summed E-state index contributed by atoms with van der Waals surface area (Å²) in [6, 6.07) is 11.4. The predicted molar refractivity (Wildman–Crippen MR) is 91.2 cm³/mol. The fraction of sp³-hybridized carbons (Fsp3) is 0.263. The number of halogens is 1. The van der Waals surface area contributed by atoms with Crippen molar-refractivity contribution in [2.45, 2.75) is 20.3 Å². The Labute approximate surface area is 140 Å². The average Bonchev–Trinajstić information content (AvgIpc) is 3.33. The molecule has 0 radical (unpaired) electrons. The van der Waals surface area contributed by atoms with Crippen LogP contribution in [0.25, 0.3) is 0 Å². The van der Waals surface area contributed by atoms with Gasteiger partial charge in [0.25, 0.3) is 0 Å². The fourth-order valence-electron chi connectivity index (χ4n) is 2.72. The van der Waals surface area contributed by atoms with E-state index in [0.29, 0.717) is 12.1 Å². The second kappa shape index (κ2) is 6.43. The quantitative estimate of drug-likeness (QED) is 0.901. The Morgan fingerprint density at radius 2 is 1.58 bits per heavy atom. The molecule has 0 bridgehead atoms. The minimum atomic E-state index is -0.356. The zero-order valence-corrected chi connectivity index (χ0v) is 13.6. The molecule has 2 unspecified atom stereocenters. The first-order valence-electron chi connectivity index (χ1n) is 7.88. The van der Waals surface area contributed by atoms with Crippen LogP contribution in [0.5, 0.6) is 0 Å². The number of rotatable bonds is 4. The van der Waals surface area contributed by atoms with Crippen LogP contribution in [0.1, 0.15) is 17.5 Å². The van der Waals surface area contributed by atoms with Gasteiger partial charge in [0.15, 0.2) is 0 Å². The first-order valence-corrected chi connectivity index (χ1v) is 7.88. The van der Waals surface area contributed by atoms with E-state index < -0.39 is 0 Å². The van der Waals surface area contributed by atoms with Gasteiger partial charge in [-0.1, -0.05) is 17.7 Å². The maximum absolute atomic E-state index is 12.9. The molecule has 124 valence electrons. The molecule has 0 aliphatic heterocycles. The van der Waals surface area contributed by atoms with Crippen LogP contribution in [0.2, 0.25) is 0 Å². The van der Waals surface area contributed by atoms with Gasteiger partial charge in [-0.05, 0) is 56.2 Å². The van der Waals surface area contributed by atoms with E-state index in [1.165, 1.54) is 24.3 Å². The maximum atomic E-state index is 12.9. The molecule has 2 N–H and O–H groups in total. The molecule has 0 heterocycles. The Morgan fingerprint density at radius 3 is 2.21 bits per heavy atom. The fourth-order valence-corrected chi connectivity index (χ4v) is 2.72. The molecule has 0 spiro atoms. The van der Waals surface area contributed by atoms with Crippen molar-refractivity contribution in [2.24, 2.45) is 11.8 Å². The lowest BCUT2D eigenvalue weighted by molar-refractivity contribution is -0.122. The monoisotopic (exact) mass is 326 g/mol. The molecule has 24 heavy (non-hydrogen) atoms. The third-order valence-electron chi connectivity index (χ3n) is 4.22. The molecule has 0 aromatic heterocycles. The van der Waals surface area contributed by atoms with Crippen LogP contribution >= 0.6 is 0 Å². The van der Waals surface area contributed by atoms with Gasteiger partial charge in [-0.2, -0.15) is 0 Å². The Bertz CT molecular complexity index is 786. The smallest absolute Gasteiger partial charge is 0.228 e. The first-order chi connectivity index (χ1) is 11.4. The number of carbonyl (C=O) groups is 2. The second-order valence-electron chi connectivity index (χ2n) is 6.25. The van der Waals surface area contributed by atoms with Crippen LogP contribution in [-0.4, -0.2) is 11.8 Å². The lowest BCUT2D eigenvalue weighted by Crippen LogP contribution is -2.20. The number of benzene rings is 2. The van der Waals surface area contributed by atoms with Gasteiger partial charge in [0.2, 0.25) is 11.8 Å². The number of amides is 2. The molecule has 2 aromatic rings. The lowest BCUT2D eigenvalue weighted by atomic mass is 10.1. The van der Waals surface area contributed by atoms with Crippen molar-refractivity contribution in [3.8, 4) is 0 Å². The van der Waals surface area contributed by atoms with Crippen LogP contribution in [0.3, 0.4) is 0 Å². The van der Waals surface area contributed by atoms with Crippen molar-refractivity contribution >= 4 is 23.2 Å². The highest BCUT2D eigenvalue weighted by Gasteiger charge is 2.48. The van der Waals surface area contributed by atoms with Crippen LogP contribution < -0.4 is 10.6 Å². The standard InChI is InChI=1S/C19H19FN2O2/c1-11-3-8-17(12(2)9-11)22-19(24)16-10-15(16)18(23)21-14-6-4-13(20)5-7-14/h3-9,15-16H,10H2,1-2H3,(H,21,23)(H,22,24). The SMILES string of the molecule is Cc1ccc(NC(=O)C2CC2C(=O)Nc2ccc(F)cc2)c(C)c1. The van der Waals surface area contributed by atoms with Gasteiger partial charge in [0, 0.05) is 11.4 Å². The Morgan fingerprint density at radius 1 is 0.958 bits per heavy atom. The molecule has 1 aliphatic carbocycles. The Balaban J connectivity index is 1.57. The highest BCUT2D eigenvalue weighted by atomic mass is 19.1. The van der Waals surface area contributed by atoms with Crippen molar-refractivity contribution in [1.29, 1.82) is 0 Å². The van der Waals surface area contributed by atoms with Crippen LogP contribution in [-0.2, 0) is 9.59 Å². The van der Waals surface area contributed by atoms with E-state index in [-0.39, 0.29) is 29.5 Å². The molecule has 3 rings (SSSR count). The van der Waals surface area contributed by atoms with Gasteiger partial charge < -0.3 is 10.6 Å². The van der Waals surface area contributed by atoms with Gasteiger partial charge in [-0.3, -0.25) is 9.59 Å². The van der Waals surface area contributed by atoms with Crippen molar-refractivity contribution < 1.29 is 14.0 Å². The van der Waals surface area contributed by atoms with E-state index in [2.05, 4.69) is 10.6 Å². The number of anilines is 2. The molecular weight excluding hydrogens is 307 g/mol. The first kappa shape index (κ1) is 16.2. The predicted octanol–water partition coefficient (Wildman–Crippen LogP) is 3.66. The highest BCUT2D eigenvalue weighted by Crippen LogP contribution is 2.40. The van der Waals surface area contributed by atoms with Gasteiger partial charge in [-0.25, -0.2) is 4.39 Å². The summed E-state index contributed by atoms with van der Waals surface area (Å²) in [5.74, 6) is -1.35. The summed E-state index contributed by atoms with van der Waals surface area (Å²) in [5.41, 5.74) is 3.43. The molecule has 2 aromatic carbocycles. The normalized spacial score (nSPS) is 18.8.